The second-order valence-corrected chi connectivity index (χ2v) is 3.87. The van der Waals surface area contributed by atoms with Gasteiger partial charge in [-0.05, 0) is 0 Å². The molecule has 0 amide bonds. The van der Waals surface area contributed by atoms with E-state index in [-0.39, 0.29) is 24.7 Å². The summed E-state index contributed by atoms with van der Waals surface area (Å²) in [4.78, 5) is 0. The molecule has 114 valence electrons. The summed E-state index contributed by atoms with van der Waals surface area (Å²) in [5.41, 5.74) is 4.97. The predicted octanol–water partition coefficient (Wildman–Crippen LogP) is 1.61. The Morgan fingerprint density at radius 1 is 0.900 bits per heavy atom. The van der Waals surface area contributed by atoms with E-state index in [9.17, 15) is 8.78 Å². The molecule has 5 nitrogen and oxygen atoms in total. The third-order valence-electron chi connectivity index (χ3n) is 2.34. The number of nitrogen functional groups attached to an aromatic ring is 1. The summed E-state index contributed by atoms with van der Waals surface area (Å²) < 4.78 is 46.7. The van der Waals surface area contributed by atoms with Crippen LogP contribution < -0.4 is 10.5 Å². The molecule has 2 N–H and O–H groups in total. The van der Waals surface area contributed by atoms with Crippen LogP contribution in [0.4, 0.5) is 14.5 Å². The van der Waals surface area contributed by atoms with Crippen molar-refractivity contribution < 1.29 is 27.7 Å². The lowest BCUT2D eigenvalue weighted by atomic mass is 10.3. The quantitative estimate of drug-likeness (QED) is 0.524. The number of benzene rings is 1. The highest BCUT2D eigenvalue weighted by molar-refractivity contribution is 5.44. The number of hydrogen-bond acceptors (Lipinski definition) is 5. The second-order valence-electron chi connectivity index (χ2n) is 3.87. The van der Waals surface area contributed by atoms with Crippen molar-refractivity contribution in [2.24, 2.45) is 0 Å². The fraction of sp³-hybridized carbons (Fsp3) is 0.538. The summed E-state index contributed by atoms with van der Waals surface area (Å²) >= 11 is 0. The highest BCUT2D eigenvalue weighted by Crippen LogP contribution is 2.22. The summed E-state index contributed by atoms with van der Waals surface area (Å²) in [5.74, 6) is -1.60. The summed E-state index contributed by atoms with van der Waals surface area (Å²) in [5, 5.41) is 0. The van der Waals surface area contributed by atoms with Crippen LogP contribution in [0, 0.1) is 11.6 Å². The van der Waals surface area contributed by atoms with Gasteiger partial charge in [-0.2, -0.15) is 0 Å². The van der Waals surface area contributed by atoms with Gasteiger partial charge in [-0.25, -0.2) is 8.78 Å². The second kappa shape index (κ2) is 9.46. The van der Waals surface area contributed by atoms with E-state index in [2.05, 4.69) is 0 Å². The van der Waals surface area contributed by atoms with Crippen LogP contribution in [0.25, 0.3) is 0 Å². The minimum absolute atomic E-state index is 0.109. The van der Waals surface area contributed by atoms with Gasteiger partial charge in [0.25, 0.3) is 0 Å². The van der Waals surface area contributed by atoms with E-state index in [1.54, 1.807) is 7.11 Å². The zero-order valence-corrected chi connectivity index (χ0v) is 11.4. The molecule has 0 aliphatic heterocycles. The number of nitrogens with two attached hydrogens (primary N) is 1. The van der Waals surface area contributed by atoms with Gasteiger partial charge in [-0.1, -0.05) is 0 Å². The van der Waals surface area contributed by atoms with Gasteiger partial charge >= 0.3 is 0 Å². The maximum absolute atomic E-state index is 13.3. The van der Waals surface area contributed by atoms with Crippen LogP contribution >= 0.6 is 0 Å². The summed E-state index contributed by atoms with van der Waals surface area (Å²) in [6.45, 7) is 2.23. The van der Waals surface area contributed by atoms with Crippen LogP contribution in [0.1, 0.15) is 0 Å². The molecule has 1 aromatic rings. The monoisotopic (exact) mass is 291 g/mol. The first-order valence-electron chi connectivity index (χ1n) is 6.17. The van der Waals surface area contributed by atoms with Crippen LogP contribution in [0.2, 0.25) is 0 Å². The van der Waals surface area contributed by atoms with E-state index in [0.29, 0.717) is 26.4 Å². The van der Waals surface area contributed by atoms with E-state index >= 15 is 0 Å². The normalized spacial score (nSPS) is 10.8. The summed E-state index contributed by atoms with van der Waals surface area (Å²) in [7, 11) is 1.59. The lowest BCUT2D eigenvalue weighted by molar-refractivity contribution is 0.0177. The van der Waals surface area contributed by atoms with Crippen molar-refractivity contribution in [3.8, 4) is 5.75 Å². The molecule has 0 saturated carbocycles. The lowest BCUT2D eigenvalue weighted by Gasteiger charge is -2.09. The Morgan fingerprint density at radius 2 is 1.50 bits per heavy atom. The SMILES string of the molecule is COCCOCCOCCOc1cc(F)c(N)cc1F. The lowest BCUT2D eigenvalue weighted by Crippen LogP contribution is -2.12. The highest BCUT2D eigenvalue weighted by Gasteiger charge is 2.08. The summed E-state index contributed by atoms with van der Waals surface area (Å²) in [6.07, 6.45) is 0. The van der Waals surface area contributed by atoms with Crippen molar-refractivity contribution >= 4 is 5.69 Å². The number of anilines is 1. The van der Waals surface area contributed by atoms with Crippen LogP contribution in [0.3, 0.4) is 0 Å². The molecule has 1 rings (SSSR count). The molecular formula is C13H19F2NO4. The number of methoxy groups -OCH3 is 1. The number of rotatable bonds is 10. The van der Waals surface area contributed by atoms with Crippen molar-refractivity contribution in [2.75, 3.05) is 52.5 Å². The van der Waals surface area contributed by atoms with Gasteiger partial charge in [0, 0.05) is 19.2 Å². The minimum Gasteiger partial charge on any atom is -0.488 e. The highest BCUT2D eigenvalue weighted by atomic mass is 19.1. The van der Waals surface area contributed by atoms with E-state index in [0.717, 1.165) is 12.1 Å². The molecule has 0 spiro atoms. The van der Waals surface area contributed by atoms with Crippen LogP contribution in [0.5, 0.6) is 5.75 Å². The largest absolute Gasteiger partial charge is 0.488 e. The molecule has 1 aromatic carbocycles. The number of halogens is 2. The topological polar surface area (TPSA) is 62.9 Å². The van der Waals surface area contributed by atoms with Crippen molar-refractivity contribution in [2.45, 2.75) is 0 Å². The Morgan fingerprint density at radius 3 is 2.15 bits per heavy atom. The first-order valence-corrected chi connectivity index (χ1v) is 6.17. The third-order valence-corrected chi connectivity index (χ3v) is 2.34. The molecule has 0 radical (unpaired) electrons. The Kier molecular flexibility index (Phi) is 7.86. The van der Waals surface area contributed by atoms with Gasteiger partial charge in [0.15, 0.2) is 11.6 Å². The van der Waals surface area contributed by atoms with Gasteiger partial charge in [0.2, 0.25) is 0 Å². The average Bonchev–Trinajstić information content (AvgIpc) is 2.42. The molecule has 0 heterocycles. The molecule has 0 unspecified atom stereocenters. The Balaban J connectivity index is 2.11. The van der Waals surface area contributed by atoms with Gasteiger partial charge < -0.3 is 24.7 Å². The molecule has 0 aliphatic rings. The van der Waals surface area contributed by atoms with Crippen LogP contribution in [-0.2, 0) is 14.2 Å². The Bertz CT molecular complexity index is 404. The minimum atomic E-state index is -0.714. The molecule has 0 bridgehead atoms. The number of ether oxygens (including phenoxy) is 4. The molecule has 7 heteroatoms. The van der Waals surface area contributed by atoms with Crippen molar-refractivity contribution in [3.63, 3.8) is 0 Å². The van der Waals surface area contributed by atoms with Crippen LogP contribution in [0.15, 0.2) is 12.1 Å². The molecular weight excluding hydrogens is 272 g/mol. The van der Waals surface area contributed by atoms with Crippen molar-refractivity contribution in [1.29, 1.82) is 0 Å². The van der Waals surface area contributed by atoms with Crippen molar-refractivity contribution in [1.82, 2.24) is 0 Å². The van der Waals surface area contributed by atoms with Crippen LogP contribution in [-0.4, -0.2) is 46.8 Å². The van der Waals surface area contributed by atoms with Gasteiger partial charge in [-0.15, -0.1) is 0 Å². The maximum atomic E-state index is 13.3. The Hall–Kier alpha value is -1.44. The van der Waals surface area contributed by atoms with Gasteiger partial charge in [-0.3, -0.25) is 0 Å². The molecule has 0 aliphatic carbocycles. The van der Waals surface area contributed by atoms with Crippen molar-refractivity contribution in [3.05, 3.63) is 23.8 Å². The molecule has 0 aromatic heterocycles. The first kappa shape index (κ1) is 16.6. The zero-order chi connectivity index (χ0) is 14.8. The first-order chi connectivity index (χ1) is 9.65. The van der Waals surface area contributed by atoms with E-state index < -0.39 is 11.6 Å². The fourth-order valence-corrected chi connectivity index (χ4v) is 1.33. The van der Waals surface area contributed by atoms with E-state index in [1.165, 1.54) is 0 Å². The maximum Gasteiger partial charge on any atom is 0.167 e. The third kappa shape index (κ3) is 6.14. The fourth-order valence-electron chi connectivity index (χ4n) is 1.33. The number of hydrogen-bond donors (Lipinski definition) is 1. The van der Waals surface area contributed by atoms with Gasteiger partial charge in [0.1, 0.15) is 12.4 Å². The predicted molar refractivity (Wildman–Crippen MR) is 69.8 cm³/mol. The standard InChI is InChI=1S/C13H19F2NO4/c1-17-2-3-18-4-5-19-6-7-20-13-9-10(14)12(16)8-11(13)15/h8-9H,2-7,16H2,1H3. The molecule has 20 heavy (non-hydrogen) atoms. The molecule has 0 fully saturated rings. The summed E-state index contributed by atoms with van der Waals surface area (Å²) in [6, 6.07) is 1.80. The smallest absolute Gasteiger partial charge is 0.167 e. The molecule has 0 atom stereocenters. The van der Waals surface area contributed by atoms with E-state index in [4.69, 9.17) is 24.7 Å². The van der Waals surface area contributed by atoms with E-state index in [1.807, 2.05) is 0 Å². The zero-order valence-electron chi connectivity index (χ0n) is 11.4. The average molecular weight is 291 g/mol. The van der Waals surface area contributed by atoms with Gasteiger partial charge in [0.05, 0.1) is 38.7 Å². The molecule has 0 saturated heterocycles. The Labute approximate surface area is 116 Å².